The number of rotatable bonds is 7. The van der Waals surface area contributed by atoms with Gasteiger partial charge < -0.3 is 9.72 Å². The number of alkyl halides is 7. The first-order valence-electron chi connectivity index (χ1n) is 13.3. The molecule has 0 aliphatic rings. The van der Waals surface area contributed by atoms with Gasteiger partial charge in [0.2, 0.25) is 11.7 Å². The third-order valence-electron chi connectivity index (χ3n) is 6.56. The highest BCUT2D eigenvalue weighted by atomic mass is 35.5. The van der Waals surface area contributed by atoms with Crippen molar-refractivity contribution >= 4 is 45.8 Å². The van der Waals surface area contributed by atoms with Gasteiger partial charge in [0, 0.05) is 19.7 Å². The molecule has 4 aromatic rings. The van der Waals surface area contributed by atoms with Gasteiger partial charge in [0.05, 0.1) is 16.2 Å². The van der Waals surface area contributed by atoms with Crippen LogP contribution in [-0.2, 0) is 35.4 Å². The van der Waals surface area contributed by atoms with Crippen molar-refractivity contribution in [1.29, 1.82) is 0 Å². The molecule has 0 fully saturated rings. The summed E-state index contributed by atoms with van der Waals surface area (Å²) in [6.07, 6.45) is -9.21. The fourth-order valence-electron chi connectivity index (χ4n) is 4.45. The van der Waals surface area contributed by atoms with Gasteiger partial charge in [-0.25, -0.2) is 18.7 Å². The fraction of sp³-hybridized carbons (Fsp3) is 0.357. The number of halogens is 9. The number of anilines is 1. The van der Waals surface area contributed by atoms with Crippen LogP contribution in [0.1, 0.15) is 36.5 Å². The van der Waals surface area contributed by atoms with Gasteiger partial charge >= 0.3 is 18.0 Å². The number of amides is 1. The molecule has 2 aromatic carbocycles. The molecule has 2 heterocycles. The lowest BCUT2D eigenvalue weighted by molar-refractivity contribution is -0.144. The number of nitrogens with one attached hydrogen (secondary N) is 1. The summed E-state index contributed by atoms with van der Waals surface area (Å²) in [4.78, 5) is 42.9. The lowest BCUT2D eigenvalue weighted by Gasteiger charge is -2.25. The van der Waals surface area contributed by atoms with Crippen LogP contribution in [0.25, 0.3) is 16.7 Å². The van der Waals surface area contributed by atoms with Crippen LogP contribution in [0.4, 0.5) is 36.4 Å². The summed E-state index contributed by atoms with van der Waals surface area (Å²) in [5, 5.41) is -0.570. The molecule has 9 nitrogen and oxygen atoms in total. The minimum absolute atomic E-state index is 0.0162. The predicted molar refractivity (Wildman–Crippen MR) is 157 cm³/mol. The molecular formula is C28H26Cl2F7N5O4. The lowest BCUT2D eigenvalue weighted by atomic mass is 10.0. The van der Waals surface area contributed by atoms with Gasteiger partial charge in [-0.2, -0.15) is 26.3 Å². The van der Waals surface area contributed by atoms with Gasteiger partial charge in [0.1, 0.15) is 29.5 Å². The van der Waals surface area contributed by atoms with Gasteiger partial charge in [-0.15, -0.1) is 11.6 Å². The van der Waals surface area contributed by atoms with Crippen molar-refractivity contribution in [2.45, 2.75) is 39.5 Å². The Labute approximate surface area is 266 Å². The molecule has 1 amide bonds. The van der Waals surface area contributed by atoms with Crippen LogP contribution >= 0.6 is 23.2 Å². The maximum Gasteiger partial charge on any atom is 0.449 e. The van der Waals surface area contributed by atoms with E-state index in [2.05, 4.69) is 11.9 Å². The van der Waals surface area contributed by atoms with Gasteiger partial charge in [-0.05, 0) is 37.5 Å². The molecule has 18 heteroatoms. The number of carbonyl (C=O) groups is 1. The number of nitrogens with zero attached hydrogens (tertiary/aromatic N) is 4. The van der Waals surface area contributed by atoms with E-state index in [-0.39, 0.29) is 33.7 Å². The van der Waals surface area contributed by atoms with E-state index in [1.807, 2.05) is 32.0 Å². The van der Waals surface area contributed by atoms with Crippen molar-refractivity contribution in [3.63, 3.8) is 0 Å². The SMILES string of the molecule is CCOCN(C(=O)CCl)c1c(C)cccc1CC.Cn1c(C(F)(F)F)cc(=O)n(-c2c(F)cc(Cl)c3nc(C(F)(F)F)[nH]c23)c1=O. The van der Waals surface area contributed by atoms with Crippen LogP contribution in [0.15, 0.2) is 39.9 Å². The smallest absolute Gasteiger partial charge is 0.361 e. The van der Waals surface area contributed by atoms with Crippen LogP contribution < -0.4 is 16.1 Å². The van der Waals surface area contributed by atoms with Crippen LogP contribution in [-0.4, -0.2) is 44.2 Å². The number of hydrogen-bond acceptors (Lipinski definition) is 5. The summed E-state index contributed by atoms with van der Waals surface area (Å²) in [7, 11) is 0.667. The number of aryl methyl sites for hydroxylation is 2. The molecule has 0 saturated heterocycles. The van der Waals surface area contributed by atoms with E-state index in [9.17, 15) is 45.1 Å². The summed E-state index contributed by atoms with van der Waals surface area (Å²) < 4.78 is 97.3. The average molecular weight is 700 g/mol. The Morgan fingerprint density at radius 2 is 1.74 bits per heavy atom. The van der Waals surface area contributed by atoms with Gasteiger partial charge in [-0.3, -0.25) is 19.1 Å². The van der Waals surface area contributed by atoms with E-state index in [1.165, 1.54) is 0 Å². The maximum absolute atomic E-state index is 14.5. The predicted octanol–water partition coefficient (Wildman–Crippen LogP) is 6.37. The highest BCUT2D eigenvalue weighted by molar-refractivity contribution is 6.35. The molecule has 4 rings (SSSR count). The first-order chi connectivity index (χ1) is 21.4. The Morgan fingerprint density at radius 3 is 2.28 bits per heavy atom. The minimum atomic E-state index is -5.07. The van der Waals surface area contributed by atoms with Crippen molar-refractivity contribution < 1.29 is 40.3 Å². The van der Waals surface area contributed by atoms with Crippen LogP contribution in [0.3, 0.4) is 0 Å². The molecule has 0 spiro atoms. The highest BCUT2D eigenvalue weighted by Gasteiger charge is 2.37. The fourth-order valence-corrected chi connectivity index (χ4v) is 4.83. The molecule has 0 saturated carbocycles. The molecule has 0 radical (unpaired) electrons. The minimum Gasteiger partial charge on any atom is -0.361 e. The molecule has 0 unspecified atom stereocenters. The third kappa shape index (κ3) is 7.56. The molecule has 2 aromatic heterocycles. The molecule has 0 aliphatic carbocycles. The van der Waals surface area contributed by atoms with Crippen LogP contribution in [0.2, 0.25) is 5.02 Å². The Morgan fingerprint density at radius 1 is 1.09 bits per heavy atom. The second-order valence-electron chi connectivity index (χ2n) is 9.55. The lowest BCUT2D eigenvalue weighted by Crippen LogP contribution is -2.41. The normalized spacial score (nSPS) is 11.8. The zero-order valence-electron chi connectivity index (χ0n) is 24.5. The van der Waals surface area contributed by atoms with Crippen molar-refractivity contribution in [1.82, 2.24) is 19.1 Å². The van der Waals surface area contributed by atoms with Crippen LogP contribution in [0, 0.1) is 12.7 Å². The Kier molecular flexibility index (Phi) is 11.3. The summed E-state index contributed by atoms with van der Waals surface area (Å²) >= 11 is 11.3. The number of H-pyrrole nitrogens is 1. The molecule has 0 bridgehead atoms. The molecule has 1 N–H and O–H groups in total. The largest absolute Gasteiger partial charge is 0.449 e. The summed E-state index contributed by atoms with van der Waals surface area (Å²) in [6.45, 7) is 6.79. The Bertz CT molecular complexity index is 1870. The summed E-state index contributed by atoms with van der Waals surface area (Å²) in [5.74, 6) is -3.19. The molecule has 250 valence electrons. The standard InChI is InChI=1S/C14H6ClF7N4O2.C14H20ClNO2/c1-25-6(13(17,18)19)3-7(27)26(12(25)28)10-5(16)2-4(15)8-9(10)24-11(23-8)14(20,21)22;1-4-12-8-6-7-11(3)14(12)16(10-18-5-2)13(17)9-15/h2-3H,1H3,(H,23,24);6-8H,4-5,9-10H2,1-3H3. The molecular weight excluding hydrogens is 674 g/mol. The first kappa shape index (κ1) is 36.6. The molecule has 0 aliphatic heterocycles. The number of aromatic amines is 1. The van der Waals surface area contributed by atoms with Gasteiger partial charge in [0.25, 0.3) is 5.56 Å². The van der Waals surface area contributed by atoms with E-state index >= 15 is 0 Å². The summed E-state index contributed by atoms with van der Waals surface area (Å²) in [6, 6.07) is 6.53. The van der Waals surface area contributed by atoms with Crippen LogP contribution in [0.5, 0.6) is 0 Å². The van der Waals surface area contributed by atoms with Gasteiger partial charge in [0.15, 0.2) is 5.82 Å². The average Bonchev–Trinajstić information content (AvgIpc) is 3.43. The number of imidazole rings is 1. The van der Waals surface area contributed by atoms with E-state index in [0.717, 1.165) is 23.2 Å². The zero-order valence-corrected chi connectivity index (χ0v) is 26.1. The number of fused-ring (bicyclic) bond motifs is 1. The number of hydrogen-bond donors (Lipinski definition) is 1. The maximum atomic E-state index is 14.5. The first-order valence-corrected chi connectivity index (χ1v) is 14.2. The number of para-hydroxylation sites is 1. The number of benzene rings is 2. The van der Waals surface area contributed by atoms with Crippen molar-refractivity contribution in [3.8, 4) is 5.69 Å². The highest BCUT2D eigenvalue weighted by Crippen LogP contribution is 2.34. The Hall–Kier alpha value is -3.89. The number of carbonyl (C=O) groups excluding carboxylic acids is 1. The third-order valence-corrected chi connectivity index (χ3v) is 7.08. The zero-order chi connectivity index (χ0) is 34.7. The number of aromatic nitrogens is 4. The second kappa shape index (κ2) is 14.3. The van der Waals surface area contributed by atoms with Gasteiger partial charge in [-0.1, -0.05) is 36.7 Å². The van der Waals surface area contributed by atoms with E-state index < -0.39 is 62.7 Å². The van der Waals surface area contributed by atoms with Crippen molar-refractivity contribution in [3.05, 3.63) is 84.7 Å². The topological polar surface area (TPSA) is 102 Å². The van der Waals surface area contributed by atoms with Crippen molar-refractivity contribution in [2.24, 2.45) is 7.05 Å². The van der Waals surface area contributed by atoms with E-state index in [0.29, 0.717) is 19.7 Å². The second-order valence-corrected chi connectivity index (χ2v) is 10.2. The van der Waals surface area contributed by atoms with Crippen molar-refractivity contribution in [2.75, 3.05) is 24.1 Å². The summed E-state index contributed by atoms with van der Waals surface area (Å²) in [5.41, 5.74) is -4.19. The van der Waals surface area contributed by atoms with E-state index in [1.54, 1.807) is 9.88 Å². The monoisotopic (exact) mass is 699 g/mol. The number of ether oxygens (including phenoxy) is 1. The molecule has 0 atom stereocenters. The quantitative estimate of drug-likeness (QED) is 0.137. The Balaban J connectivity index is 0.000000277. The van der Waals surface area contributed by atoms with E-state index in [4.69, 9.17) is 27.9 Å². The molecule has 46 heavy (non-hydrogen) atoms.